The smallest absolute Gasteiger partial charge is 0.195 e. The van der Waals surface area contributed by atoms with Gasteiger partial charge in [0, 0.05) is 31.9 Å². The maximum atomic E-state index is 5.19. The lowest BCUT2D eigenvalue weighted by molar-refractivity contribution is 0.755. The van der Waals surface area contributed by atoms with Crippen LogP contribution in [0.25, 0.3) is 11.4 Å². The van der Waals surface area contributed by atoms with Crippen molar-refractivity contribution in [2.24, 2.45) is 0 Å². The topological polar surface area (TPSA) is 36.9 Å². The van der Waals surface area contributed by atoms with Gasteiger partial charge in [-0.25, -0.2) is 0 Å². The second kappa shape index (κ2) is 4.71. The molecule has 0 atom stereocenters. The Morgan fingerprint density at radius 2 is 2.18 bits per heavy atom. The third-order valence-electron chi connectivity index (χ3n) is 2.70. The molecule has 1 aromatic heterocycles. The number of benzene rings is 1. The first-order valence-electron chi connectivity index (χ1n) is 5.56. The van der Waals surface area contributed by atoms with Crippen molar-refractivity contribution in [1.29, 1.82) is 0 Å². The highest BCUT2D eigenvalue weighted by Gasteiger charge is 2.08. The molecule has 5 heteroatoms. The summed E-state index contributed by atoms with van der Waals surface area (Å²) in [5.41, 5.74) is 2.23. The highest BCUT2D eigenvalue weighted by molar-refractivity contribution is 7.71. The van der Waals surface area contributed by atoms with E-state index in [0.29, 0.717) is 4.77 Å². The van der Waals surface area contributed by atoms with Gasteiger partial charge in [0.1, 0.15) is 0 Å². The van der Waals surface area contributed by atoms with Crippen LogP contribution in [0.2, 0.25) is 0 Å². The minimum absolute atomic E-state index is 0.665. The van der Waals surface area contributed by atoms with Gasteiger partial charge < -0.3 is 9.47 Å². The first-order valence-corrected chi connectivity index (χ1v) is 5.97. The second-order valence-corrected chi connectivity index (χ2v) is 4.43. The monoisotopic (exact) mass is 248 g/mol. The van der Waals surface area contributed by atoms with Gasteiger partial charge in [-0.05, 0) is 31.3 Å². The summed E-state index contributed by atoms with van der Waals surface area (Å²) in [6.07, 6.45) is 0. The Kier molecular flexibility index (Phi) is 3.28. The van der Waals surface area contributed by atoms with Crippen LogP contribution in [-0.4, -0.2) is 28.9 Å². The highest BCUT2D eigenvalue weighted by Crippen LogP contribution is 2.22. The first kappa shape index (κ1) is 11.9. The summed E-state index contributed by atoms with van der Waals surface area (Å²) in [6.45, 7) is 2.88. The van der Waals surface area contributed by atoms with Crippen LogP contribution < -0.4 is 4.90 Å². The number of rotatable bonds is 3. The van der Waals surface area contributed by atoms with Crippen molar-refractivity contribution in [2.75, 3.05) is 19.0 Å². The van der Waals surface area contributed by atoms with Crippen LogP contribution in [0, 0.1) is 4.77 Å². The van der Waals surface area contributed by atoms with Gasteiger partial charge in [0.2, 0.25) is 0 Å². The number of H-pyrrole nitrogens is 1. The number of hydrogen-bond acceptors (Lipinski definition) is 3. The minimum Gasteiger partial charge on any atom is -0.378 e. The van der Waals surface area contributed by atoms with Gasteiger partial charge in [-0.1, -0.05) is 12.1 Å². The molecule has 0 aliphatic rings. The Hall–Kier alpha value is -1.62. The zero-order valence-electron chi connectivity index (χ0n) is 10.3. The quantitative estimate of drug-likeness (QED) is 0.849. The van der Waals surface area contributed by atoms with Gasteiger partial charge >= 0.3 is 0 Å². The summed E-state index contributed by atoms with van der Waals surface area (Å²) in [6, 6.07) is 8.25. The molecule has 4 nitrogen and oxygen atoms in total. The molecule has 1 heterocycles. The summed E-state index contributed by atoms with van der Waals surface area (Å²) < 4.78 is 2.65. The zero-order valence-corrected chi connectivity index (χ0v) is 11.1. The predicted molar refractivity (Wildman–Crippen MR) is 72.8 cm³/mol. The van der Waals surface area contributed by atoms with E-state index in [0.717, 1.165) is 23.6 Å². The van der Waals surface area contributed by atoms with Gasteiger partial charge in [-0.2, -0.15) is 5.10 Å². The van der Waals surface area contributed by atoms with E-state index in [1.54, 1.807) is 0 Å². The fourth-order valence-corrected chi connectivity index (χ4v) is 2.02. The van der Waals surface area contributed by atoms with Crippen LogP contribution >= 0.6 is 12.2 Å². The van der Waals surface area contributed by atoms with Crippen LogP contribution in [-0.2, 0) is 6.54 Å². The van der Waals surface area contributed by atoms with Crippen molar-refractivity contribution in [3.8, 4) is 11.4 Å². The molecule has 0 aliphatic heterocycles. The standard InChI is InChI=1S/C12H16N4S/c1-4-16-11(13-14-12(16)17)9-6-5-7-10(8-9)15(2)3/h5-8H,4H2,1-3H3,(H,14,17). The van der Waals surface area contributed by atoms with Crippen molar-refractivity contribution in [3.63, 3.8) is 0 Å². The maximum absolute atomic E-state index is 5.19. The molecule has 2 aromatic rings. The average Bonchev–Trinajstić information content (AvgIpc) is 2.70. The first-order chi connectivity index (χ1) is 8.13. The minimum atomic E-state index is 0.665. The lowest BCUT2D eigenvalue weighted by Crippen LogP contribution is -2.08. The average molecular weight is 248 g/mol. The Morgan fingerprint density at radius 3 is 2.82 bits per heavy atom. The van der Waals surface area contributed by atoms with E-state index >= 15 is 0 Å². The van der Waals surface area contributed by atoms with Crippen molar-refractivity contribution in [3.05, 3.63) is 29.0 Å². The molecular formula is C12H16N4S. The fourth-order valence-electron chi connectivity index (χ4n) is 1.75. The largest absolute Gasteiger partial charge is 0.378 e. The van der Waals surface area contributed by atoms with E-state index in [4.69, 9.17) is 12.2 Å². The summed E-state index contributed by atoms with van der Waals surface area (Å²) >= 11 is 5.19. The molecule has 2 rings (SSSR count). The second-order valence-electron chi connectivity index (χ2n) is 4.04. The molecule has 0 saturated heterocycles. The fraction of sp³-hybridized carbons (Fsp3) is 0.333. The van der Waals surface area contributed by atoms with Crippen LogP contribution in [0.15, 0.2) is 24.3 Å². The van der Waals surface area contributed by atoms with E-state index in [9.17, 15) is 0 Å². The lowest BCUT2D eigenvalue weighted by atomic mass is 10.2. The maximum Gasteiger partial charge on any atom is 0.195 e. The third-order valence-corrected chi connectivity index (χ3v) is 3.01. The Labute approximate surface area is 106 Å². The Bertz CT molecular complexity index is 568. The molecule has 0 fully saturated rings. The molecule has 0 saturated carbocycles. The summed E-state index contributed by atoms with van der Waals surface area (Å²) in [4.78, 5) is 2.07. The normalized spacial score (nSPS) is 10.5. The molecule has 0 amide bonds. The molecule has 0 unspecified atom stereocenters. The lowest BCUT2D eigenvalue weighted by Gasteiger charge is -2.13. The predicted octanol–water partition coefficient (Wildman–Crippen LogP) is 2.69. The Balaban J connectivity index is 2.53. The van der Waals surface area contributed by atoms with E-state index in [1.807, 2.05) is 30.8 Å². The van der Waals surface area contributed by atoms with Gasteiger partial charge in [-0.15, -0.1) is 0 Å². The Morgan fingerprint density at radius 1 is 1.41 bits per heavy atom. The van der Waals surface area contributed by atoms with Crippen LogP contribution in [0.4, 0.5) is 5.69 Å². The molecule has 0 radical (unpaired) electrons. The molecular weight excluding hydrogens is 232 g/mol. The van der Waals surface area contributed by atoms with Crippen molar-refractivity contribution < 1.29 is 0 Å². The number of nitrogens with zero attached hydrogens (tertiary/aromatic N) is 3. The molecule has 0 aliphatic carbocycles. The summed E-state index contributed by atoms with van der Waals surface area (Å²) in [5, 5.41) is 7.12. The number of nitrogens with one attached hydrogen (secondary N) is 1. The number of aromatic amines is 1. The van der Waals surface area contributed by atoms with Crippen molar-refractivity contribution in [1.82, 2.24) is 14.8 Å². The molecule has 1 aromatic carbocycles. The molecule has 90 valence electrons. The van der Waals surface area contributed by atoms with E-state index in [2.05, 4.69) is 34.2 Å². The van der Waals surface area contributed by atoms with E-state index < -0.39 is 0 Å². The number of hydrogen-bond donors (Lipinski definition) is 1. The highest BCUT2D eigenvalue weighted by atomic mass is 32.1. The molecule has 0 spiro atoms. The number of aromatic nitrogens is 3. The SMILES string of the molecule is CCn1c(-c2cccc(N(C)C)c2)n[nH]c1=S. The van der Waals surface area contributed by atoms with E-state index in [-0.39, 0.29) is 0 Å². The van der Waals surface area contributed by atoms with Crippen molar-refractivity contribution >= 4 is 17.9 Å². The molecule has 0 bridgehead atoms. The van der Waals surface area contributed by atoms with Crippen molar-refractivity contribution in [2.45, 2.75) is 13.5 Å². The molecule has 1 N–H and O–H groups in total. The van der Waals surface area contributed by atoms with Gasteiger partial charge in [0.25, 0.3) is 0 Å². The zero-order chi connectivity index (χ0) is 12.4. The van der Waals surface area contributed by atoms with Crippen LogP contribution in [0.1, 0.15) is 6.92 Å². The number of anilines is 1. The van der Waals surface area contributed by atoms with E-state index in [1.165, 1.54) is 0 Å². The van der Waals surface area contributed by atoms with Gasteiger partial charge in [0.15, 0.2) is 10.6 Å². The third kappa shape index (κ3) is 2.24. The van der Waals surface area contributed by atoms with Crippen LogP contribution in [0.5, 0.6) is 0 Å². The van der Waals surface area contributed by atoms with Gasteiger partial charge in [-0.3, -0.25) is 5.10 Å². The summed E-state index contributed by atoms with van der Waals surface area (Å²) in [5.74, 6) is 0.890. The summed E-state index contributed by atoms with van der Waals surface area (Å²) in [7, 11) is 4.05. The van der Waals surface area contributed by atoms with Crippen LogP contribution in [0.3, 0.4) is 0 Å². The molecule has 17 heavy (non-hydrogen) atoms. The van der Waals surface area contributed by atoms with Gasteiger partial charge in [0.05, 0.1) is 0 Å².